The van der Waals surface area contributed by atoms with Gasteiger partial charge in [-0.15, -0.1) is 0 Å². The molecule has 0 spiro atoms. The predicted molar refractivity (Wildman–Crippen MR) is 106 cm³/mol. The van der Waals surface area contributed by atoms with Gasteiger partial charge in [0.1, 0.15) is 7.05 Å². The monoisotopic (exact) mass is 327 g/mol. The molecule has 0 aliphatic carbocycles. The summed E-state index contributed by atoms with van der Waals surface area (Å²) < 4.78 is 4.60. The van der Waals surface area contributed by atoms with Gasteiger partial charge in [-0.1, -0.05) is 30.3 Å². The van der Waals surface area contributed by atoms with Crippen LogP contribution < -0.4 is 0 Å². The third-order valence-corrected chi connectivity index (χ3v) is 5.23. The lowest BCUT2D eigenvalue weighted by atomic mass is 10.0. The summed E-state index contributed by atoms with van der Waals surface area (Å²) in [6.45, 7) is 6.57. The van der Waals surface area contributed by atoms with E-state index in [0.29, 0.717) is 0 Å². The average Bonchev–Trinajstić information content (AvgIpc) is 3.04. The standard InChI is InChI=1S/C23H23N2/c1-16-14-19(17(2)25(16)20-10-6-5-7-11-20)15-22-18(3)24(4)23-13-9-8-12-21(22)23/h5-15H,1-4H3/q+1. The molecule has 2 aromatic carbocycles. The number of fused-ring (bicyclic) bond motifs is 1. The molecule has 0 bridgehead atoms. The van der Waals surface area contributed by atoms with Crippen LogP contribution in [0.3, 0.4) is 0 Å². The first-order chi connectivity index (χ1) is 12.1. The summed E-state index contributed by atoms with van der Waals surface area (Å²) in [5, 5.41) is 0. The van der Waals surface area contributed by atoms with Gasteiger partial charge in [0.05, 0.1) is 11.1 Å². The minimum atomic E-state index is 1.21. The quantitative estimate of drug-likeness (QED) is 0.558. The van der Waals surface area contributed by atoms with Gasteiger partial charge < -0.3 is 4.57 Å². The molecule has 0 N–H and O–H groups in total. The molecule has 1 aromatic heterocycles. The van der Waals surface area contributed by atoms with E-state index in [1.807, 2.05) is 0 Å². The number of hydrogen-bond donors (Lipinski definition) is 0. The van der Waals surface area contributed by atoms with E-state index in [9.17, 15) is 0 Å². The van der Waals surface area contributed by atoms with E-state index in [4.69, 9.17) is 0 Å². The Morgan fingerprint density at radius 2 is 1.56 bits per heavy atom. The Kier molecular flexibility index (Phi) is 3.69. The SMILES string of the molecule is CC1=[N+](C)c2ccccc2C1=Cc1cc(C)n(-c2ccccc2)c1C. The van der Waals surface area contributed by atoms with Crippen molar-refractivity contribution in [3.05, 3.63) is 83.2 Å². The highest BCUT2D eigenvalue weighted by Crippen LogP contribution is 2.35. The second-order valence-corrected chi connectivity index (χ2v) is 6.72. The highest BCUT2D eigenvalue weighted by molar-refractivity contribution is 6.28. The molecule has 1 aliphatic rings. The Balaban J connectivity index is 1.87. The van der Waals surface area contributed by atoms with Gasteiger partial charge in [-0.3, -0.25) is 0 Å². The Morgan fingerprint density at radius 1 is 0.880 bits per heavy atom. The number of nitrogens with zero attached hydrogens (tertiary/aromatic N) is 2. The van der Waals surface area contributed by atoms with Gasteiger partial charge in [-0.25, -0.2) is 0 Å². The number of aryl methyl sites for hydroxylation is 1. The molecular formula is C23H23N2+. The fourth-order valence-electron chi connectivity index (χ4n) is 3.80. The molecule has 2 heterocycles. The molecule has 0 unspecified atom stereocenters. The zero-order valence-corrected chi connectivity index (χ0v) is 15.2. The zero-order chi connectivity index (χ0) is 17.6. The van der Waals surface area contributed by atoms with Crippen molar-refractivity contribution in [1.29, 1.82) is 0 Å². The average molecular weight is 327 g/mol. The summed E-state index contributed by atoms with van der Waals surface area (Å²) in [5.74, 6) is 0. The van der Waals surface area contributed by atoms with Gasteiger partial charge >= 0.3 is 0 Å². The van der Waals surface area contributed by atoms with E-state index in [0.717, 1.165) is 0 Å². The Bertz CT molecular complexity index is 1020. The van der Waals surface area contributed by atoms with Crippen LogP contribution in [-0.2, 0) is 0 Å². The normalized spacial score (nSPS) is 15.1. The van der Waals surface area contributed by atoms with Gasteiger partial charge in [0.25, 0.3) is 0 Å². The van der Waals surface area contributed by atoms with Gasteiger partial charge in [0.2, 0.25) is 5.69 Å². The molecule has 2 heteroatoms. The van der Waals surface area contributed by atoms with Gasteiger partial charge in [0.15, 0.2) is 5.71 Å². The van der Waals surface area contributed by atoms with Crippen LogP contribution in [-0.4, -0.2) is 21.9 Å². The molecule has 0 saturated heterocycles. The first-order valence-electron chi connectivity index (χ1n) is 8.71. The van der Waals surface area contributed by atoms with Crippen LogP contribution in [0.25, 0.3) is 17.3 Å². The van der Waals surface area contributed by atoms with Crippen molar-refractivity contribution >= 4 is 23.0 Å². The van der Waals surface area contributed by atoms with E-state index in [1.54, 1.807) is 0 Å². The zero-order valence-electron chi connectivity index (χ0n) is 15.2. The summed E-state index contributed by atoms with van der Waals surface area (Å²) in [4.78, 5) is 0. The fourth-order valence-corrected chi connectivity index (χ4v) is 3.80. The van der Waals surface area contributed by atoms with Crippen LogP contribution >= 0.6 is 0 Å². The van der Waals surface area contributed by atoms with Crippen molar-refractivity contribution in [3.8, 4) is 5.69 Å². The molecule has 0 saturated carbocycles. The van der Waals surface area contributed by atoms with Crippen LogP contribution in [0, 0.1) is 13.8 Å². The molecular weight excluding hydrogens is 304 g/mol. The highest BCUT2D eigenvalue weighted by atomic mass is 15.0. The van der Waals surface area contributed by atoms with E-state index in [2.05, 4.69) is 104 Å². The molecule has 2 nitrogen and oxygen atoms in total. The summed E-state index contributed by atoms with van der Waals surface area (Å²) in [6, 6.07) is 21.5. The largest absolute Gasteiger partial charge is 0.318 e. The van der Waals surface area contributed by atoms with E-state index >= 15 is 0 Å². The van der Waals surface area contributed by atoms with Crippen molar-refractivity contribution in [2.24, 2.45) is 0 Å². The van der Waals surface area contributed by atoms with Crippen molar-refractivity contribution in [1.82, 2.24) is 4.57 Å². The number of benzene rings is 2. The molecule has 124 valence electrons. The maximum absolute atomic E-state index is 2.33. The minimum Gasteiger partial charge on any atom is -0.318 e. The van der Waals surface area contributed by atoms with E-state index in [-0.39, 0.29) is 0 Å². The number of aromatic nitrogens is 1. The lowest BCUT2D eigenvalue weighted by molar-refractivity contribution is -0.401. The number of para-hydroxylation sites is 2. The Hall–Kier alpha value is -2.87. The number of rotatable bonds is 2. The second kappa shape index (κ2) is 5.89. The first-order valence-corrected chi connectivity index (χ1v) is 8.71. The molecule has 0 radical (unpaired) electrons. The predicted octanol–water partition coefficient (Wildman–Crippen LogP) is 5.38. The van der Waals surface area contributed by atoms with Crippen LogP contribution in [0.4, 0.5) is 5.69 Å². The summed E-state index contributed by atoms with van der Waals surface area (Å²) in [6.07, 6.45) is 2.33. The first kappa shape index (κ1) is 15.6. The van der Waals surface area contributed by atoms with E-state index in [1.165, 1.54) is 45.2 Å². The topological polar surface area (TPSA) is 7.94 Å². The van der Waals surface area contributed by atoms with Crippen LogP contribution in [0.5, 0.6) is 0 Å². The molecule has 0 fully saturated rings. The van der Waals surface area contributed by atoms with Crippen molar-refractivity contribution in [2.75, 3.05) is 7.05 Å². The lowest BCUT2D eigenvalue weighted by Crippen LogP contribution is -2.02. The maximum atomic E-state index is 2.33. The molecule has 0 atom stereocenters. The van der Waals surface area contributed by atoms with Crippen molar-refractivity contribution in [3.63, 3.8) is 0 Å². The fraction of sp³-hybridized carbons (Fsp3) is 0.174. The third kappa shape index (κ3) is 2.45. The van der Waals surface area contributed by atoms with Crippen LogP contribution in [0.2, 0.25) is 0 Å². The van der Waals surface area contributed by atoms with Crippen molar-refractivity contribution in [2.45, 2.75) is 20.8 Å². The Labute approximate surface area is 149 Å². The molecule has 25 heavy (non-hydrogen) atoms. The molecule has 4 rings (SSSR count). The Morgan fingerprint density at radius 3 is 2.32 bits per heavy atom. The summed E-state index contributed by atoms with van der Waals surface area (Å²) in [5.41, 5.74) is 10.2. The van der Waals surface area contributed by atoms with Crippen LogP contribution in [0.15, 0.2) is 60.7 Å². The lowest BCUT2D eigenvalue weighted by Gasteiger charge is -2.09. The number of hydrogen-bond acceptors (Lipinski definition) is 0. The third-order valence-electron chi connectivity index (χ3n) is 5.23. The van der Waals surface area contributed by atoms with Gasteiger partial charge in [-0.05, 0) is 49.8 Å². The second-order valence-electron chi connectivity index (χ2n) is 6.72. The van der Waals surface area contributed by atoms with Crippen LogP contribution in [0.1, 0.15) is 29.4 Å². The van der Waals surface area contributed by atoms with Gasteiger partial charge in [-0.2, -0.15) is 4.58 Å². The molecule has 0 amide bonds. The van der Waals surface area contributed by atoms with Crippen molar-refractivity contribution < 1.29 is 4.58 Å². The summed E-state index contributed by atoms with van der Waals surface area (Å²) >= 11 is 0. The maximum Gasteiger partial charge on any atom is 0.213 e. The van der Waals surface area contributed by atoms with Gasteiger partial charge in [0, 0.05) is 30.1 Å². The molecule has 3 aromatic rings. The van der Waals surface area contributed by atoms with E-state index < -0.39 is 0 Å². The number of allylic oxidation sites excluding steroid dienone is 1. The molecule has 1 aliphatic heterocycles. The minimum absolute atomic E-state index is 1.21. The summed E-state index contributed by atoms with van der Waals surface area (Å²) in [7, 11) is 2.14. The smallest absolute Gasteiger partial charge is 0.213 e. The highest BCUT2D eigenvalue weighted by Gasteiger charge is 2.28.